The first-order valence-electron chi connectivity index (χ1n) is 6.93. The minimum Gasteiger partial charge on any atom is -0.370 e. The number of fused-ring (bicyclic) bond motifs is 1. The van der Waals surface area contributed by atoms with Crippen molar-refractivity contribution in [2.45, 2.75) is 19.9 Å². The zero-order valence-electron chi connectivity index (χ0n) is 11.7. The molecule has 0 aromatic carbocycles. The lowest BCUT2D eigenvalue weighted by molar-refractivity contribution is 0.0736. The van der Waals surface area contributed by atoms with Crippen molar-refractivity contribution in [1.82, 2.24) is 9.88 Å². The number of hydrogen-bond donors (Lipinski definition) is 1. The van der Waals surface area contributed by atoms with Crippen molar-refractivity contribution in [2.75, 3.05) is 18.4 Å². The van der Waals surface area contributed by atoms with Gasteiger partial charge in [0.15, 0.2) is 0 Å². The molecule has 1 aliphatic heterocycles. The molecule has 0 spiro atoms. The van der Waals surface area contributed by atoms with Gasteiger partial charge in [-0.3, -0.25) is 4.79 Å². The second-order valence-corrected chi connectivity index (χ2v) is 6.84. The second-order valence-electron chi connectivity index (χ2n) is 4.93. The van der Waals surface area contributed by atoms with Crippen molar-refractivity contribution in [3.05, 3.63) is 44.2 Å². The number of hydrogen-bond acceptors (Lipinski definition) is 4. The minimum atomic E-state index is 0.0385. The van der Waals surface area contributed by atoms with Crippen molar-refractivity contribution >= 4 is 39.0 Å². The van der Waals surface area contributed by atoms with E-state index in [1.165, 1.54) is 10.4 Å². The van der Waals surface area contributed by atoms with Gasteiger partial charge in [0.25, 0.3) is 5.91 Å². The van der Waals surface area contributed by atoms with E-state index in [-0.39, 0.29) is 5.91 Å². The van der Waals surface area contributed by atoms with Crippen LogP contribution < -0.4 is 5.32 Å². The lowest BCUT2D eigenvalue weighted by atomic mass is 10.1. The van der Waals surface area contributed by atoms with Crippen LogP contribution in [0.25, 0.3) is 0 Å². The summed E-state index contributed by atoms with van der Waals surface area (Å²) in [5, 5.41) is 5.26. The number of rotatable bonds is 3. The summed E-state index contributed by atoms with van der Waals surface area (Å²) in [6.45, 7) is 4.19. The van der Waals surface area contributed by atoms with Gasteiger partial charge in [-0.25, -0.2) is 4.98 Å². The highest BCUT2D eigenvalue weighted by molar-refractivity contribution is 9.10. The zero-order chi connectivity index (χ0) is 14.8. The van der Waals surface area contributed by atoms with Crippen molar-refractivity contribution in [3.8, 4) is 0 Å². The third-order valence-corrected chi connectivity index (χ3v) is 4.98. The van der Waals surface area contributed by atoms with Gasteiger partial charge in [-0.05, 0) is 52.4 Å². The molecule has 0 radical (unpaired) electrons. The lowest BCUT2D eigenvalue weighted by Crippen LogP contribution is -2.35. The summed E-state index contributed by atoms with van der Waals surface area (Å²) in [6, 6.07) is 3.96. The second kappa shape index (κ2) is 6.15. The van der Waals surface area contributed by atoms with Crippen molar-refractivity contribution in [1.29, 1.82) is 0 Å². The summed E-state index contributed by atoms with van der Waals surface area (Å²) in [6.07, 6.45) is 2.65. The van der Waals surface area contributed by atoms with E-state index in [0.717, 1.165) is 24.0 Å². The first kappa shape index (κ1) is 14.5. The Kier molecular flexibility index (Phi) is 4.26. The number of halogens is 1. The van der Waals surface area contributed by atoms with Crippen LogP contribution in [-0.4, -0.2) is 28.9 Å². The Morgan fingerprint density at radius 1 is 1.57 bits per heavy atom. The van der Waals surface area contributed by atoms with Gasteiger partial charge in [0.2, 0.25) is 0 Å². The number of nitrogens with one attached hydrogen (secondary N) is 1. The molecule has 2 aromatic heterocycles. The summed E-state index contributed by atoms with van der Waals surface area (Å²) in [4.78, 5) is 20.4. The number of carbonyl (C=O) groups is 1. The molecule has 1 aliphatic rings. The molecule has 1 N–H and O–H groups in total. The summed E-state index contributed by atoms with van der Waals surface area (Å²) >= 11 is 5.18. The van der Waals surface area contributed by atoms with E-state index < -0.39 is 0 Å². The Labute approximate surface area is 136 Å². The van der Waals surface area contributed by atoms with Gasteiger partial charge < -0.3 is 10.2 Å². The molecule has 0 atom stereocenters. The number of pyridine rings is 1. The molecule has 110 valence electrons. The van der Waals surface area contributed by atoms with Gasteiger partial charge in [0.05, 0.1) is 5.56 Å². The SMILES string of the molecule is CCNc1ncc(Br)cc1C(=O)N1CCc2sccc2C1. The maximum absolute atomic E-state index is 12.8. The first-order valence-corrected chi connectivity index (χ1v) is 8.60. The average molecular weight is 366 g/mol. The quantitative estimate of drug-likeness (QED) is 0.904. The summed E-state index contributed by atoms with van der Waals surface area (Å²) in [5.74, 6) is 0.693. The Morgan fingerprint density at radius 2 is 2.43 bits per heavy atom. The summed E-state index contributed by atoms with van der Waals surface area (Å²) < 4.78 is 0.820. The van der Waals surface area contributed by atoms with Crippen molar-refractivity contribution in [2.24, 2.45) is 0 Å². The van der Waals surface area contributed by atoms with Crippen molar-refractivity contribution in [3.63, 3.8) is 0 Å². The number of aromatic nitrogens is 1. The summed E-state index contributed by atoms with van der Waals surface area (Å²) in [7, 11) is 0. The third-order valence-electron chi connectivity index (χ3n) is 3.52. The third kappa shape index (κ3) is 2.96. The number of amides is 1. The number of anilines is 1. The van der Waals surface area contributed by atoms with E-state index in [1.807, 2.05) is 17.9 Å². The van der Waals surface area contributed by atoms with E-state index in [9.17, 15) is 4.79 Å². The van der Waals surface area contributed by atoms with E-state index in [4.69, 9.17) is 0 Å². The lowest BCUT2D eigenvalue weighted by Gasteiger charge is -2.27. The molecule has 0 fully saturated rings. The smallest absolute Gasteiger partial charge is 0.257 e. The Balaban J connectivity index is 1.87. The molecule has 2 aromatic rings. The molecule has 6 heteroatoms. The van der Waals surface area contributed by atoms with Crippen molar-refractivity contribution < 1.29 is 4.79 Å². The predicted octanol–water partition coefficient (Wildman–Crippen LogP) is 3.54. The monoisotopic (exact) mass is 365 g/mol. The Morgan fingerprint density at radius 3 is 3.24 bits per heavy atom. The predicted molar refractivity (Wildman–Crippen MR) is 88.9 cm³/mol. The van der Waals surface area contributed by atoms with Crippen LogP contribution in [0.5, 0.6) is 0 Å². The maximum atomic E-state index is 12.8. The molecule has 0 saturated heterocycles. The van der Waals surface area contributed by atoms with Crippen LogP contribution in [0.4, 0.5) is 5.82 Å². The minimum absolute atomic E-state index is 0.0385. The van der Waals surface area contributed by atoms with Gasteiger partial charge in [-0.2, -0.15) is 0 Å². The van der Waals surface area contributed by atoms with Crippen LogP contribution in [0, 0.1) is 0 Å². The zero-order valence-corrected chi connectivity index (χ0v) is 14.1. The first-order chi connectivity index (χ1) is 10.2. The van der Waals surface area contributed by atoms with Gasteiger partial charge in [0.1, 0.15) is 5.82 Å². The van der Waals surface area contributed by atoms with E-state index in [2.05, 4.69) is 37.7 Å². The van der Waals surface area contributed by atoms with Crippen LogP contribution in [0.1, 0.15) is 27.7 Å². The molecule has 21 heavy (non-hydrogen) atoms. The molecule has 4 nitrogen and oxygen atoms in total. The fourth-order valence-electron chi connectivity index (χ4n) is 2.50. The molecule has 3 rings (SSSR count). The molecule has 1 amide bonds. The number of carbonyl (C=O) groups excluding carboxylic acids is 1. The van der Waals surface area contributed by atoms with Gasteiger partial charge in [0, 0.05) is 35.2 Å². The van der Waals surface area contributed by atoms with E-state index >= 15 is 0 Å². The van der Waals surface area contributed by atoms with Crippen LogP contribution in [0.15, 0.2) is 28.2 Å². The topological polar surface area (TPSA) is 45.2 Å². The average Bonchev–Trinajstić information content (AvgIpc) is 2.96. The molecule has 0 unspecified atom stereocenters. The van der Waals surface area contributed by atoms with Crippen LogP contribution in [0.3, 0.4) is 0 Å². The normalized spacial score (nSPS) is 13.9. The molecular formula is C15H16BrN3OS. The number of nitrogens with zero attached hydrogens (tertiary/aromatic N) is 2. The fourth-order valence-corrected chi connectivity index (χ4v) is 3.72. The van der Waals surface area contributed by atoms with Crippen LogP contribution >= 0.6 is 27.3 Å². The maximum Gasteiger partial charge on any atom is 0.257 e. The van der Waals surface area contributed by atoms with Crippen LogP contribution in [-0.2, 0) is 13.0 Å². The highest BCUT2D eigenvalue weighted by atomic mass is 79.9. The fraction of sp³-hybridized carbons (Fsp3) is 0.333. The molecule has 0 aliphatic carbocycles. The Hall–Kier alpha value is -1.40. The molecule has 0 saturated carbocycles. The largest absolute Gasteiger partial charge is 0.370 e. The Bertz CT molecular complexity index is 671. The molecule has 3 heterocycles. The van der Waals surface area contributed by atoms with E-state index in [0.29, 0.717) is 17.9 Å². The number of thiophene rings is 1. The van der Waals surface area contributed by atoms with Gasteiger partial charge >= 0.3 is 0 Å². The van der Waals surface area contributed by atoms with Crippen LogP contribution in [0.2, 0.25) is 0 Å². The highest BCUT2D eigenvalue weighted by Crippen LogP contribution is 2.27. The standard InChI is InChI=1S/C15H16BrN3OS/c1-2-17-14-12(7-11(16)8-18-14)15(20)19-5-3-13-10(9-19)4-6-21-13/h4,6-8H,2-3,5,9H2,1H3,(H,17,18). The van der Waals surface area contributed by atoms with Gasteiger partial charge in [-0.1, -0.05) is 0 Å². The highest BCUT2D eigenvalue weighted by Gasteiger charge is 2.24. The van der Waals surface area contributed by atoms with Gasteiger partial charge in [-0.15, -0.1) is 11.3 Å². The van der Waals surface area contributed by atoms with E-state index in [1.54, 1.807) is 17.5 Å². The summed E-state index contributed by atoms with van der Waals surface area (Å²) in [5.41, 5.74) is 1.90. The molecule has 0 bridgehead atoms. The molecular weight excluding hydrogens is 350 g/mol.